The maximum atomic E-state index is 12.3. The molecule has 0 saturated carbocycles. The molecule has 1 rings (SSSR count). The van der Waals surface area contributed by atoms with Gasteiger partial charge in [0.2, 0.25) is 0 Å². The first-order valence-corrected chi connectivity index (χ1v) is 6.29. The van der Waals surface area contributed by atoms with Crippen molar-refractivity contribution in [1.82, 2.24) is 0 Å². The van der Waals surface area contributed by atoms with Gasteiger partial charge in [0, 0.05) is 0 Å². The van der Waals surface area contributed by atoms with Gasteiger partial charge in [-0.2, -0.15) is 26.3 Å². The molecule has 1 aromatic carbocycles. The molecular weight excluding hydrogens is 382 g/mol. The van der Waals surface area contributed by atoms with Gasteiger partial charge in [-0.1, -0.05) is 0 Å². The molecule has 0 heterocycles. The zero-order valence-electron chi connectivity index (χ0n) is 12.2. The van der Waals surface area contributed by atoms with E-state index in [-0.39, 0.29) is 12.1 Å². The fourth-order valence-electron chi connectivity index (χ4n) is 1.88. The number of rotatable bonds is 6. The van der Waals surface area contributed by atoms with Gasteiger partial charge < -0.3 is 0 Å². The van der Waals surface area contributed by atoms with Gasteiger partial charge in [-0.3, -0.25) is 29.8 Å². The average molecular weight is 388 g/mol. The van der Waals surface area contributed by atoms with E-state index in [2.05, 4.69) is 0 Å². The lowest BCUT2D eigenvalue weighted by molar-refractivity contribution is -0.394. The van der Waals surface area contributed by atoms with Crippen molar-refractivity contribution in [2.75, 3.05) is 0 Å². The van der Waals surface area contributed by atoms with E-state index in [9.17, 15) is 56.2 Å². The normalized spacial score (nSPS) is 11.9. The molecule has 0 N–H and O–H groups in total. The summed E-state index contributed by atoms with van der Waals surface area (Å²) in [4.78, 5) is 42.1. The molecule has 0 fully saturated rings. The third-order valence-corrected chi connectivity index (χ3v) is 2.83. The number of nitrogens with zero attached hydrogens (tertiary/aromatic N) is 2. The van der Waals surface area contributed by atoms with Crippen LogP contribution in [0.4, 0.5) is 37.7 Å². The van der Waals surface area contributed by atoms with Crippen molar-refractivity contribution in [2.24, 2.45) is 0 Å². The lowest BCUT2D eigenvalue weighted by atomic mass is 9.97. The number of hydrogen-bond acceptors (Lipinski definition) is 6. The van der Waals surface area contributed by atoms with E-state index in [0.717, 1.165) is 0 Å². The third-order valence-electron chi connectivity index (χ3n) is 2.83. The van der Waals surface area contributed by atoms with Crippen molar-refractivity contribution in [3.63, 3.8) is 0 Å². The smallest absolute Gasteiger partial charge is 0.294 e. The molecule has 14 heteroatoms. The Morgan fingerprint density at radius 2 is 1.08 bits per heavy atom. The largest absolute Gasteiger partial charge is 0.396 e. The third kappa shape index (κ3) is 5.49. The molecule has 8 nitrogen and oxygen atoms in total. The predicted molar refractivity (Wildman–Crippen MR) is 69.8 cm³/mol. The molecule has 0 aliphatic heterocycles. The van der Waals surface area contributed by atoms with E-state index in [1.54, 1.807) is 0 Å². The first kappa shape index (κ1) is 21.0. The highest BCUT2D eigenvalue weighted by Gasteiger charge is 2.39. The van der Waals surface area contributed by atoms with E-state index in [1.165, 1.54) is 0 Å². The van der Waals surface area contributed by atoms with Gasteiger partial charge in [-0.05, 0) is 6.07 Å². The summed E-state index contributed by atoms with van der Waals surface area (Å²) in [5, 5.41) is 21.7. The Bertz CT molecular complexity index is 724. The molecule has 0 aromatic heterocycles. The standard InChI is InChI=1S/C12H6F6N2O6/c13-11(14,15)3-9(21)5-1-6(10(22)4-12(16,17)18)8(20(25)26)2-7(5)19(23)24/h1-2H,3-4H2. The Labute approximate surface area is 138 Å². The highest BCUT2D eigenvalue weighted by atomic mass is 19.4. The summed E-state index contributed by atoms with van der Waals surface area (Å²) in [6.45, 7) is 0. The molecule has 0 bridgehead atoms. The SMILES string of the molecule is O=C(CC(F)(F)F)c1cc(C(=O)CC(F)(F)F)c([N+](=O)[O-])cc1[N+](=O)[O-]. The van der Waals surface area contributed by atoms with Crippen LogP contribution >= 0.6 is 0 Å². The minimum Gasteiger partial charge on any atom is -0.294 e. The molecule has 0 radical (unpaired) electrons. The van der Waals surface area contributed by atoms with Crippen LogP contribution in [0.2, 0.25) is 0 Å². The molecule has 0 saturated heterocycles. The number of benzene rings is 1. The topological polar surface area (TPSA) is 120 Å². The van der Waals surface area contributed by atoms with E-state index < -0.39 is 69.1 Å². The Hall–Kier alpha value is -3.06. The van der Waals surface area contributed by atoms with Gasteiger partial charge in [0.15, 0.2) is 11.6 Å². The summed E-state index contributed by atoms with van der Waals surface area (Å²) in [5.74, 6) is -3.86. The van der Waals surface area contributed by atoms with E-state index in [4.69, 9.17) is 0 Å². The van der Waals surface area contributed by atoms with Gasteiger partial charge in [0.1, 0.15) is 12.8 Å². The van der Waals surface area contributed by atoms with Crippen LogP contribution < -0.4 is 0 Å². The zero-order chi connectivity index (χ0) is 20.4. The second kappa shape index (κ2) is 7.05. The summed E-state index contributed by atoms with van der Waals surface area (Å²) in [6.07, 6.45) is -14.6. The molecule has 142 valence electrons. The van der Waals surface area contributed by atoms with E-state index in [0.29, 0.717) is 0 Å². The monoisotopic (exact) mass is 388 g/mol. The number of ketones is 2. The second-order valence-electron chi connectivity index (χ2n) is 4.83. The van der Waals surface area contributed by atoms with Crippen LogP contribution in [0.1, 0.15) is 33.6 Å². The molecule has 1 aromatic rings. The van der Waals surface area contributed by atoms with Gasteiger partial charge >= 0.3 is 12.4 Å². The lowest BCUT2D eigenvalue weighted by Crippen LogP contribution is -2.19. The van der Waals surface area contributed by atoms with Crippen molar-refractivity contribution >= 4 is 22.9 Å². The number of halogens is 6. The molecule has 26 heavy (non-hydrogen) atoms. The molecule has 0 atom stereocenters. The maximum absolute atomic E-state index is 12.3. The number of Topliss-reactive ketones (excluding diaryl/α,β-unsaturated/α-hetero) is 2. The number of nitro benzene ring substituents is 2. The fourth-order valence-corrected chi connectivity index (χ4v) is 1.88. The summed E-state index contributed by atoms with van der Waals surface area (Å²) in [6, 6.07) is -0.00830. The van der Waals surface area contributed by atoms with Crippen LogP contribution in [0, 0.1) is 20.2 Å². The molecule has 0 amide bonds. The number of carbonyl (C=O) groups is 2. The van der Waals surface area contributed by atoms with E-state index in [1.807, 2.05) is 0 Å². The van der Waals surface area contributed by atoms with Crippen LogP contribution in [0.25, 0.3) is 0 Å². The summed E-state index contributed by atoms with van der Waals surface area (Å²) < 4.78 is 73.8. The fraction of sp³-hybridized carbons (Fsp3) is 0.333. The van der Waals surface area contributed by atoms with Crippen molar-refractivity contribution in [2.45, 2.75) is 25.2 Å². The number of alkyl halides is 6. The van der Waals surface area contributed by atoms with Crippen molar-refractivity contribution in [3.05, 3.63) is 43.5 Å². The van der Waals surface area contributed by atoms with E-state index >= 15 is 0 Å². The molecule has 0 unspecified atom stereocenters. The highest BCUT2D eigenvalue weighted by molar-refractivity contribution is 6.06. The van der Waals surface area contributed by atoms with Crippen molar-refractivity contribution < 1.29 is 45.8 Å². The Morgan fingerprint density at radius 1 is 0.769 bits per heavy atom. The summed E-state index contributed by atoms with van der Waals surface area (Å²) in [7, 11) is 0. The zero-order valence-corrected chi connectivity index (χ0v) is 12.2. The Kier molecular flexibility index (Phi) is 5.69. The summed E-state index contributed by atoms with van der Waals surface area (Å²) >= 11 is 0. The van der Waals surface area contributed by atoms with Crippen LogP contribution in [-0.2, 0) is 0 Å². The minimum absolute atomic E-state index is 0.0123. The second-order valence-corrected chi connectivity index (χ2v) is 4.83. The number of carbonyl (C=O) groups excluding carboxylic acids is 2. The van der Waals surface area contributed by atoms with Crippen LogP contribution in [0.5, 0.6) is 0 Å². The number of nitro groups is 2. The van der Waals surface area contributed by atoms with Crippen molar-refractivity contribution in [3.8, 4) is 0 Å². The number of hydrogen-bond donors (Lipinski definition) is 0. The minimum atomic E-state index is -5.11. The quantitative estimate of drug-likeness (QED) is 0.317. The van der Waals surface area contributed by atoms with Gasteiger partial charge in [-0.25, -0.2) is 0 Å². The summed E-state index contributed by atoms with van der Waals surface area (Å²) in [5.41, 5.74) is -5.59. The van der Waals surface area contributed by atoms with Crippen molar-refractivity contribution in [1.29, 1.82) is 0 Å². The lowest BCUT2D eigenvalue weighted by Gasteiger charge is -2.09. The molecular formula is C12H6F6N2O6. The average Bonchev–Trinajstić information content (AvgIpc) is 2.41. The Balaban J connectivity index is 3.61. The van der Waals surface area contributed by atoms with Gasteiger partial charge in [0.05, 0.1) is 27.0 Å². The van der Waals surface area contributed by atoms with Gasteiger partial charge in [-0.15, -0.1) is 0 Å². The van der Waals surface area contributed by atoms with Crippen LogP contribution in [0.15, 0.2) is 12.1 Å². The van der Waals surface area contributed by atoms with Crippen LogP contribution in [-0.4, -0.2) is 33.8 Å². The first-order chi connectivity index (χ1) is 11.6. The predicted octanol–water partition coefficient (Wildman–Crippen LogP) is 3.77. The maximum Gasteiger partial charge on any atom is 0.396 e. The molecule has 0 aliphatic carbocycles. The van der Waals surface area contributed by atoms with Gasteiger partial charge in [0.25, 0.3) is 11.4 Å². The Morgan fingerprint density at radius 3 is 1.31 bits per heavy atom. The van der Waals surface area contributed by atoms with Crippen LogP contribution in [0.3, 0.4) is 0 Å². The molecule has 0 spiro atoms. The molecule has 0 aliphatic rings. The highest BCUT2D eigenvalue weighted by Crippen LogP contribution is 2.34. The first-order valence-electron chi connectivity index (χ1n) is 6.29.